The summed E-state index contributed by atoms with van der Waals surface area (Å²) in [4.78, 5) is 33.0. The van der Waals surface area contributed by atoms with Gasteiger partial charge in [0.05, 0.1) is 46.0 Å². The van der Waals surface area contributed by atoms with Crippen molar-refractivity contribution in [1.82, 2.24) is 4.90 Å². The van der Waals surface area contributed by atoms with Crippen LogP contribution >= 0.6 is 11.6 Å². The minimum Gasteiger partial charge on any atom is -0.497 e. The van der Waals surface area contributed by atoms with Crippen molar-refractivity contribution in [2.45, 2.75) is 62.7 Å². The Morgan fingerprint density at radius 1 is 1.00 bits per heavy atom. The second-order valence-electron chi connectivity index (χ2n) is 13.8. The quantitative estimate of drug-likeness (QED) is 0.223. The largest absolute Gasteiger partial charge is 0.497 e. The Morgan fingerprint density at radius 2 is 1.69 bits per heavy atom. The van der Waals surface area contributed by atoms with Gasteiger partial charge in [0.25, 0.3) is 5.91 Å². The fraction of sp³-hybridized carbons (Fsp3) is 0.333. The summed E-state index contributed by atoms with van der Waals surface area (Å²) < 4.78 is 12.6. The van der Waals surface area contributed by atoms with Crippen LogP contribution in [0.3, 0.4) is 0 Å². The van der Waals surface area contributed by atoms with E-state index in [9.17, 15) is 14.7 Å². The van der Waals surface area contributed by atoms with Crippen LogP contribution in [0.4, 0.5) is 11.4 Å². The number of methoxy groups -OCH3 is 1. The molecule has 3 aliphatic rings. The lowest BCUT2D eigenvalue weighted by Gasteiger charge is -2.39. The molecule has 4 aromatic carbocycles. The molecule has 1 saturated heterocycles. The highest BCUT2D eigenvalue weighted by Gasteiger charge is 2.67. The third-order valence-corrected chi connectivity index (χ3v) is 15.6. The van der Waals surface area contributed by atoms with Gasteiger partial charge in [0, 0.05) is 28.7 Å². The van der Waals surface area contributed by atoms with Crippen LogP contribution in [0.25, 0.3) is 0 Å². The summed E-state index contributed by atoms with van der Waals surface area (Å²) in [5.74, 6) is 0.237. The van der Waals surface area contributed by atoms with Gasteiger partial charge < -0.3 is 19.5 Å². The molecule has 2 amide bonds. The lowest BCUT2D eigenvalue weighted by molar-refractivity contribution is -0.150. The summed E-state index contributed by atoms with van der Waals surface area (Å²) in [6.45, 7) is 7.01. The topological polar surface area (TPSA) is 79.3 Å². The van der Waals surface area contributed by atoms with Crippen LogP contribution in [0, 0.1) is 5.92 Å². The van der Waals surface area contributed by atoms with Crippen molar-refractivity contribution in [2.24, 2.45) is 5.92 Å². The Kier molecular flexibility index (Phi) is 8.48. The summed E-state index contributed by atoms with van der Waals surface area (Å²) in [6.07, 6.45) is 0.131. The van der Waals surface area contributed by atoms with E-state index in [1.165, 1.54) is 5.19 Å². The normalized spacial score (nSPS) is 24.9. The van der Waals surface area contributed by atoms with Crippen LogP contribution in [-0.2, 0) is 32.9 Å². The highest BCUT2D eigenvalue weighted by molar-refractivity contribution is 6.91. The van der Waals surface area contributed by atoms with Crippen molar-refractivity contribution in [3.63, 3.8) is 0 Å². The van der Waals surface area contributed by atoms with Gasteiger partial charge in [-0.25, -0.2) is 0 Å². The number of halogens is 1. The monoisotopic (exact) mass is 680 g/mol. The first-order valence-electron chi connectivity index (χ1n) is 16.6. The number of para-hydroxylation sites is 1. The minimum atomic E-state index is -2.47. The van der Waals surface area contributed by atoms with E-state index >= 15 is 0 Å². The molecule has 4 aromatic rings. The smallest absolute Gasteiger partial charge is 0.268 e. The zero-order valence-electron chi connectivity index (χ0n) is 27.7. The lowest BCUT2D eigenvalue weighted by atomic mass is 9.82. The summed E-state index contributed by atoms with van der Waals surface area (Å²) >= 11 is 6.65. The first-order valence-corrected chi connectivity index (χ1v) is 20.0. The highest BCUT2D eigenvalue weighted by atomic mass is 35.5. The van der Waals surface area contributed by atoms with Gasteiger partial charge >= 0.3 is 0 Å². The highest BCUT2D eigenvalue weighted by Crippen LogP contribution is 2.61. The van der Waals surface area contributed by atoms with Gasteiger partial charge in [0.1, 0.15) is 5.75 Å². The average Bonchev–Trinajstić information content (AvgIpc) is 3.53. The Morgan fingerprint density at radius 3 is 2.38 bits per heavy atom. The number of aliphatic hydroxyl groups excluding tert-OH is 1. The number of fused-ring (bicyclic) bond motifs is 3. The predicted molar refractivity (Wildman–Crippen MR) is 191 cm³/mol. The zero-order chi connectivity index (χ0) is 33.8. The number of benzene rings is 4. The SMILES string of the molecule is COc1ccc([Si](C)(C)[C@@H]2[C@@H](CC(=O)N3Cc4ccccc4C[C@H]3CO)O[C@]3(C(=O)N(c4ccccc4)c4ccc(Cl)cc43)[C@H]2C)cc1. The number of ether oxygens (including phenoxy) is 2. The Balaban J connectivity index is 1.32. The average molecular weight is 681 g/mol. The standard InChI is InChI=1S/C39H41ClN2O5Si/c1-25-37(48(3,4)32-17-15-31(46-2)16-18-32)35(22-36(44)41-23-27-11-9-8-10-26(27)20-30(41)24-43)47-39(25)33-21-28(40)14-19-34(33)42(38(39)45)29-12-6-5-7-13-29/h5-19,21,25,30,35,37,43H,20,22-24H2,1-4H3/t25-,30-,35+,37-,39+/m0/s1. The maximum absolute atomic E-state index is 15.0. The van der Waals surface area contributed by atoms with Gasteiger partial charge in [0.2, 0.25) is 5.91 Å². The van der Waals surface area contributed by atoms with E-state index in [1.54, 1.807) is 23.0 Å². The molecular formula is C39H41ClN2O5Si. The van der Waals surface area contributed by atoms with Crippen molar-refractivity contribution in [2.75, 3.05) is 18.6 Å². The summed E-state index contributed by atoms with van der Waals surface area (Å²) in [7, 11) is -0.817. The van der Waals surface area contributed by atoms with Crippen LogP contribution in [-0.4, -0.2) is 55.8 Å². The first kappa shape index (κ1) is 32.6. The van der Waals surface area contributed by atoms with E-state index in [0.717, 1.165) is 33.8 Å². The second-order valence-corrected chi connectivity index (χ2v) is 19.0. The minimum absolute atomic E-state index is 0.0842. The molecule has 5 atom stereocenters. The molecule has 48 heavy (non-hydrogen) atoms. The molecule has 0 saturated carbocycles. The van der Waals surface area contributed by atoms with Crippen LogP contribution in [0.1, 0.15) is 30.0 Å². The number of amides is 2. The van der Waals surface area contributed by atoms with E-state index in [2.05, 4.69) is 38.2 Å². The van der Waals surface area contributed by atoms with E-state index in [1.807, 2.05) is 72.8 Å². The molecule has 0 bridgehead atoms. The molecule has 1 fully saturated rings. The Bertz CT molecular complexity index is 1850. The Labute approximate surface area is 288 Å². The molecule has 1 spiro atoms. The van der Waals surface area contributed by atoms with Crippen LogP contribution in [0.5, 0.6) is 5.75 Å². The number of rotatable bonds is 7. The van der Waals surface area contributed by atoms with Crippen molar-refractivity contribution in [3.8, 4) is 5.75 Å². The molecule has 0 unspecified atom stereocenters. The molecular weight excluding hydrogens is 640 g/mol. The summed E-state index contributed by atoms with van der Waals surface area (Å²) in [6, 6.07) is 31.1. The molecule has 0 aliphatic carbocycles. The molecule has 9 heteroatoms. The Hall–Kier alpha value is -3.95. The molecule has 248 valence electrons. The van der Waals surface area contributed by atoms with Crippen molar-refractivity contribution >= 4 is 48.1 Å². The number of nitrogens with zero attached hydrogens (tertiary/aromatic N) is 2. The number of hydrogen-bond donors (Lipinski definition) is 1. The maximum Gasteiger partial charge on any atom is 0.268 e. The van der Waals surface area contributed by atoms with E-state index in [4.69, 9.17) is 21.1 Å². The first-order chi connectivity index (χ1) is 23.1. The van der Waals surface area contributed by atoms with E-state index in [-0.39, 0.29) is 42.3 Å². The molecule has 3 heterocycles. The number of carbonyl (C=O) groups is 2. The van der Waals surface area contributed by atoms with Crippen molar-refractivity contribution in [1.29, 1.82) is 0 Å². The molecule has 7 nitrogen and oxygen atoms in total. The van der Waals surface area contributed by atoms with Crippen LogP contribution in [0.15, 0.2) is 97.1 Å². The van der Waals surface area contributed by atoms with E-state index < -0.39 is 19.8 Å². The van der Waals surface area contributed by atoms with Gasteiger partial charge in [-0.05, 0) is 65.6 Å². The zero-order valence-corrected chi connectivity index (χ0v) is 29.5. The maximum atomic E-state index is 15.0. The third kappa shape index (κ3) is 5.17. The van der Waals surface area contributed by atoms with Gasteiger partial charge in [0.15, 0.2) is 5.60 Å². The van der Waals surface area contributed by atoms with Gasteiger partial charge in [-0.2, -0.15) is 0 Å². The lowest BCUT2D eigenvalue weighted by Crippen LogP contribution is -2.52. The van der Waals surface area contributed by atoms with E-state index in [0.29, 0.717) is 18.0 Å². The van der Waals surface area contributed by atoms with Gasteiger partial charge in [-0.1, -0.05) is 91.4 Å². The number of hydrogen-bond acceptors (Lipinski definition) is 5. The van der Waals surface area contributed by atoms with Crippen LogP contribution < -0.4 is 14.8 Å². The van der Waals surface area contributed by atoms with Gasteiger partial charge in [-0.3, -0.25) is 14.5 Å². The van der Waals surface area contributed by atoms with Crippen molar-refractivity contribution < 1.29 is 24.2 Å². The third-order valence-electron chi connectivity index (χ3n) is 11.0. The van der Waals surface area contributed by atoms with Crippen LogP contribution in [0.2, 0.25) is 23.7 Å². The summed E-state index contributed by atoms with van der Waals surface area (Å²) in [5, 5.41) is 12.1. The molecule has 7 rings (SSSR count). The molecule has 0 radical (unpaired) electrons. The number of aliphatic hydroxyl groups is 1. The predicted octanol–water partition coefficient (Wildman–Crippen LogP) is 6.58. The molecule has 1 N–H and O–H groups in total. The second kappa shape index (κ2) is 12.5. The van der Waals surface area contributed by atoms with Crippen molar-refractivity contribution in [3.05, 3.63) is 119 Å². The molecule has 3 aliphatic heterocycles. The number of carbonyl (C=O) groups excluding carboxylic acids is 2. The fourth-order valence-corrected chi connectivity index (χ4v) is 12.8. The fourth-order valence-electron chi connectivity index (χ4n) is 8.58. The summed E-state index contributed by atoms with van der Waals surface area (Å²) in [5.41, 5.74) is 3.01. The number of anilines is 2. The molecule has 0 aromatic heterocycles. The van der Waals surface area contributed by atoms with Gasteiger partial charge in [-0.15, -0.1) is 0 Å².